The third-order valence-corrected chi connectivity index (χ3v) is 5.02. The molecule has 0 bridgehead atoms. The van der Waals surface area contributed by atoms with E-state index >= 15 is 0 Å². The van der Waals surface area contributed by atoms with E-state index in [0.717, 1.165) is 32.7 Å². The van der Waals surface area contributed by atoms with Gasteiger partial charge in [0.05, 0.1) is 23.1 Å². The Balaban J connectivity index is 1.73. The Morgan fingerprint density at radius 3 is 2.82 bits per heavy atom. The molecule has 0 atom stereocenters. The first-order valence-corrected chi connectivity index (χ1v) is 9.60. The lowest BCUT2D eigenvalue weighted by molar-refractivity contribution is 0.146. The van der Waals surface area contributed by atoms with E-state index in [9.17, 15) is 0 Å². The summed E-state index contributed by atoms with van der Waals surface area (Å²) in [4.78, 5) is 0. The number of fused-ring (bicyclic) bond motifs is 1. The second-order valence-electron chi connectivity index (χ2n) is 6.05. The highest BCUT2D eigenvalue weighted by Crippen LogP contribution is 2.36. The van der Waals surface area contributed by atoms with Crippen molar-refractivity contribution in [1.82, 2.24) is 20.0 Å². The van der Waals surface area contributed by atoms with Gasteiger partial charge in [0.15, 0.2) is 0 Å². The lowest BCUT2D eigenvalue weighted by atomic mass is 10.1. The lowest BCUT2D eigenvalue weighted by Gasteiger charge is -2.11. The van der Waals surface area contributed by atoms with Gasteiger partial charge in [-0.3, -0.25) is 4.68 Å². The van der Waals surface area contributed by atoms with Gasteiger partial charge in [-0.2, -0.15) is 5.10 Å². The summed E-state index contributed by atoms with van der Waals surface area (Å²) < 4.78 is 13.7. The topological polar surface area (TPSA) is 62.1 Å². The molecule has 0 aliphatic carbocycles. The zero-order valence-electron chi connectivity index (χ0n) is 15.5. The summed E-state index contributed by atoms with van der Waals surface area (Å²) in [6, 6.07) is 9.86. The number of aromatic nitrogens is 4. The molecular weight excluding hydrogens is 372 g/mol. The van der Waals surface area contributed by atoms with Crippen LogP contribution in [0.3, 0.4) is 0 Å². The monoisotopic (exact) mass is 390 g/mol. The maximum atomic E-state index is 5.87. The van der Waals surface area contributed by atoms with Crippen molar-refractivity contribution >= 4 is 21.4 Å². The van der Waals surface area contributed by atoms with E-state index in [-0.39, 0.29) is 0 Å². The number of nitrogens with zero attached hydrogens (tertiary/aromatic N) is 4. The average molecular weight is 390 g/mol. The summed E-state index contributed by atoms with van der Waals surface area (Å²) in [5.74, 6) is 6.98. The van der Waals surface area contributed by atoms with Crippen LogP contribution in [0.25, 0.3) is 21.3 Å². The SMILES string of the molecule is COCCOc1ccccc1-c1nnc(C#Cc2cnn(C)c2)c2ccsc12. The molecule has 1 aromatic carbocycles. The van der Waals surface area contributed by atoms with Crippen LogP contribution >= 0.6 is 11.3 Å². The fraction of sp³-hybridized carbons (Fsp3) is 0.190. The number of methoxy groups -OCH3 is 1. The number of hydrogen-bond acceptors (Lipinski definition) is 6. The summed E-state index contributed by atoms with van der Waals surface area (Å²) in [6.07, 6.45) is 3.60. The molecule has 0 aliphatic rings. The Morgan fingerprint density at radius 2 is 2.00 bits per heavy atom. The largest absolute Gasteiger partial charge is 0.490 e. The Labute approximate surface area is 166 Å². The second kappa shape index (κ2) is 8.21. The molecule has 28 heavy (non-hydrogen) atoms. The molecular formula is C21H18N4O2S. The molecule has 7 heteroatoms. The minimum absolute atomic E-state index is 0.475. The zero-order chi connectivity index (χ0) is 19.3. The van der Waals surface area contributed by atoms with E-state index in [2.05, 4.69) is 27.1 Å². The molecule has 0 aliphatic heterocycles. The van der Waals surface area contributed by atoms with Crippen LogP contribution in [0, 0.1) is 11.8 Å². The van der Waals surface area contributed by atoms with Crippen LogP contribution in [0.2, 0.25) is 0 Å². The maximum absolute atomic E-state index is 5.87. The van der Waals surface area contributed by atoms with Crippen LogP contribution in [0.5, 0.6) is 5.75 Å². The minimum Gasteiger partial charge on any atom is -0.490 e. The number of para-hydroxylation sites is 1. The Bertz CT molecular complexity index is 1170. The van der Waals surface area contributed by atoms with Crippen molar-refractivity contribution in [2.75, 3.05) is 20.3 Å². The molecule has 0 fully saturated rings. The molecule has 0 radical (unpaired) electrons. The van der Waals surface area contributed by atoms with Crippen molar-refractivity contribution in [3.8, 4) is 28.8 Å². The van der Waals surface area contributed by atoms with Crippen molar-refractivity contribution in [1.29, 1.82) is 0 Å². The van der Waals surface area contributed by atoms with Gasteiger partial charge in [-0.15, -0.1) is 21.5 Å². The van der Waals surface area contributed by atoms with Gasteiger partial charge >= 0.3 is 0 Å². The van der Waals surface area contributed by atoms with Gasteiger partial charge in [0.25, 0.3) is 0 Å². The fourth-order valence-electron chi connectivity index (χ4n) is 2.79. The molecule has 0 unspecified atom stereocenters. The molecule has 0 N–H and O–H groups in total. The van der Waals surface area contributed by atoms with E-state index in [1.165, 1.54) is 0 Å². The number of thiophene rings is 1. The minimum atomic E-state index is 0.475. The van der Waals surface area contributed by atoms with Gasteiger partial charge in [0, 0.05) is 31.3 Å². The van der Waals surface area contributed by atoms with Crippen molar-refractivity contribution in [3.63, 3.8) is 0 Å². The van der Waals surface area contributed by atoms with Gasteiger partial charge in [-0.05, 0) is 29.5 Å². The molecule has 0 saturated heterocycles. The van der Waals surface area contributed by atoms with Gasteiger partial charge in [0.2, 0.25) is 0 Å². The molecule has 140 valence electrons. The molecule has 4 rings (SSSR count). The Kier molecular flexibility index (Phi) is 5.33. The van der Waals surface area contributed by atoms with Crippen molar-refractivity contribution in [2.24, 2.45) is 7.05 Å². The van der Waals surface area contributed by atoms with E-state index in [1.807, 2.05) is 49.0 Å². The molecule has 6 nitrogen and oxygen atoms in total. The zero-order valence-corrected chi connectivity index (χ0v) is 16.4. The summed E-state index contributed by atoms with van der Waals surface area (Å²) in [6.45, 7) is 1.00. The predicted molar refractivity (Wildman–Crippen MR) is 109 cm³/mol. The standard InChI is InChI=1S/C21H18N4O2S/c1-25-14-15(13-22-25)7-8-18-16-9-12-28-21(16)20(24-23-18)17-5-3-4-6-19(17)27-11-10-26-2/h3-6,9,12-14H,10-11H2,1-2H3. The highest BCUT2D eigenvalue weighted by Gasteiger charge is 2.15. The van der Waals surface area contributed by atoms with Crippen molar-refractivity contribution in [2.45, 2.75) is 0 Å². The van der Waals surface area contributed by atoms with Gasteiger partial charge in [-0.1, -0.05) is 18.1 Å². The van der Waals surface area contributed by atoms with Crippen LogP contribution in [0.15, 0.2) is 48.1 Å². The average Bonchev–Trinajstić information content (AvgIpc) is 3.36. The first-order chi connectivity index (χ1) is 13.8. The highest BCUT2D eigenvalue weighted by molar-refractivity contribution is 7.17. The van der Waals surface area contributed by atoms with Crippen LogP contribution < -0.4 is 4.74 Å². The summed E-state index contributed by atoms with van der Waals surface area (Å²) in [5, 5.41) is 16.0. The molecule has 0 spiro atoms. The van der Waals surface area contributed by atoms with Gasteiger partial charge in [-0.25, -0.2) is 0 Å². The van der Waals surface area contributed by atoms with Crippen LogP contribution in [-0.2, 0) is 11.8 Å². The van der Waals surface area contributed by atoms with E-state index < -0.39 is 0 Å². The summed E-state index contributed by atoms with van der Waals surface area (Å²) >= 11 is 1.62. The summed E-state index contributed by atoms with van der Waals surface area (Å²) in [7, 11) is 3.52. The smallest absolute Gasteiger partial charge is 0.144 e. The third-order valence-electron chi connectivity index (χ3n) is 4.10. The molecule has 4 aromatic rings. The van der Waals surface area contributed by atoms with E-state index in [1.54, 1.807) is 29.3 Å². The highest BCUT2D eigenvalue weighted by atomic mass is 32.1. The summed E-state index contributed by atoms with van der Waals surface area (Å²) in [5.41, 5.74) is 3.20. The van der Waals surface area contributed by atoms with Crippen LogP contribution in [-0.4, -0.2) is 40.3 Å². The third kappa shape index (κ3) is 3.74. The quantitative estimate of drug-likeness (QED) is 0.385. The first kappa shape index (κ1) is 18.2. The lowest BCUT2D eigenvalue weighted by Crippen LogP contribution is -2.05. The van der Waals surface area contributed by atoms with Crippen LogP contribution in [0.4, 0.5) is 0 Å². The number of rotatable bonds is 5. The molecule has 0 amide bonds. The maximum Gasteiger partial charge on any atom is 0.144 e. The van der Waals surface area contributed by atoms with Crippen LogP contribution in [0.1, 0.15) is 11.3 Å². The van der Waals surface area contributed by atoms with Crippen molar-refractivity contribution in [3.05, 3.63) is 59.4 Å². The van der Waals surface area contributed by atoms with E-state index in [4.69, 9.17) is 9.47 Å². The fourth-order valence-corrected chi connectivity index (χ4v) is 3.68. The first-order valence-electron chi connectivity index (χ1n) is 8.72. The molecule has 0 saturated carbocycles. The predicted octanol–water partition coefficient (Wildman–Crippen LogP) is 3.52. The van der Waals surface area contributed by atoms with Gasteiger partial charge in [0.1, 0.15) is 23.7 Å². The van der Waals surface area contributed by atoms with E-state index in [0.29, 0.717) is 18.9 Å². The number of ether oxygens (including phenoxy) is 2. The number of aryl methyl sites for hydroxylation is 1. The Morgan fingerprint density at radius 1 is 1.11 bits per heavy atom. The molecule has 3 heterocycles. The molecule has 3 aromatic heterocycles. The van der Waals surface area contributed by atoms with Gasteiger partial charge < -0.3 is 9.47 Å². The number of hydrogen-bond donors (Lipinski definition) is 0. The normalized spacial score (nSPS) is 10.6. The number of benzene rings is 1. The second-order valence-corrected chi connectivity index (χ2v) is 6.97. The van der Waals surface area contributed by atoms with Crippen molar-refractivity contribution < 1.29 is 9.47 Å². The Hall–Kier alpha value is -3.21.